The number of hydrogen-bond acceptors (Lipinski definition) is 3. The lowest BCUT2D eigenvalue weighted by molar-refractivity contribution is 0.0996. The number of carbonyl (C=O) groups excluding carboxylic acids is 1. The summed E-state index contributed by atoms with van der Waals surface area (Å²) < 4.78 is 4.96. The van der Waals surface area contributed by atoms with Gasteiger partial charge in [-0.25, -0.2) is 0 Å². The van der Waals surface area contributed by atoms with E-state index in [4.69, 9.17) is 32.9 Å². The third-order valence-corrected chi connectivity index (χ3v) is 2.59. The van der Waals surface area contributed by atoms with Crippen LogP contribution in [0.25, 0.3) is 0 Å². The summed E-state index contributed by atoms with van der Waals surface area (Å²) >= 11 is 11.4. The van der Waals surface area contributed by atoms with Crippen molar-refractivity contribution in [2.75, 3.05) is 5.32 Å². The van der Waals surface area contributed by atoms with Crippen molar-refractivity contribution < 1.29 is 9.21 Å². The Balaban J connectivity index is 2.27. The minimum atomic E-state index is -0.499. The number of nitrogens with one attached hydrogen (secondary N) is 1. The Hall–Kier alpha value is -1.96. The topological polar surface area (TPSA) is 66.0 Å². The molecule has 0 unspecified atom stereocenters. The summed E-state index contributed by atoms with van der Waals surface area (Å²) in [7, 11) is 0. The molecule has 1 aromatic carbocycles. The summed E-state index contributed by atoms with van der Waals surface area (Å²) in [6.07, 6.45) is 0. The number of carbonyl (C=O) groups is 1. The second-order valence-electron chi connectivity index (χ2n) is 3.36. The van der Waals surface area contributed by atoms with Crippen molar-refractivity contribution in [2.45, 2.75) is 0 Å². The second kappa shape index (κ2) is 5.13. The molecular weight excluding hydrogens is 275 g/mol. The minimum Gasteiger partial charge on any atom is -0.440 e. The highest BCUT2D eigenvalue weighted by atomic mass is 35.5. The van der Waals surface area contributed by atoms with Gasteiger partial charge in [0.15, 0.2) is 11.0 Å². The van der Waals surface area contributed by atoms with Crippen molar-refractivity contribution in [3.8, 4) is 6.07 Å². The van der Waals surface area contributed by atoms with Crippen LogP contribution in [-0.4, -0.2) is 5.91 Å². The van der Waals surface area contributed by atoms with Crippen molar-refractivity contribution in [3.63, 3.8) is 0 Å². The van der Waals surface area contributed by atoms with Gasteiger partial charge < -0.3 is 9.73 Å². The van der Waals surface area contributed by atoms with Gasteiger partial charge in [-0.2, -0.15) is 5.26 Å². The van der Waals surface area contributed by atoms with Crippen LogP contribution in [0.15, 0.2) is 34.7 Å². The Morgan fingerprint density at radius 1 is 1.28 bits per heavy atom. The maximum atomic E-state index is 11.8. The molecule has 0 bridgehead atoms. The van der Waals surface area contributed by atoms with Crippen molar-refractivity contribution in [1.29, 1.82) is 5.26 Å². The van der Waals surface area contributed by atoms with E-state index >= 15 is 0 Å². The Bertz CT molecular complexity index is 644. The summed E-state index contributed by atoms with van der Waals surface area (Å²) in [5.41, 5.74) is 0.632. The van der Waals surface area contributed by atoms with Gasteiger partial charge >= 0.3 is 0 Å². The Labute approximate surface area is 113 Å². The van der Waals surface area contributed by atoms with Crippen LogP contribution >= 0.6 is 23.2 Å². The van der Waals surface area contributed by atoms with Gasteiger partial charge in [-0.05, 0) is 41.9 Å². The van der Waals surface area contributed by atoms with E-state index in [1.807, 2.05) is 6.07 Å². The predicted octanol–water partition coefficient (Wildman–Crippen LogP) is 3.71. The molecule has 0 saturated carbocycles. The highest BCUT2D eigenvalue weighted by Gasteiger charge is 2.13. The molecule has 18 heavy (non-hydrogen) atoms. The normalized spacial score (nSPS) is 9.83. The van der Waals surface area contributed by atoms with Gasteiger partial charge in [0.1, 0.15) is 6.07 Å². The molecular formula is C12H6Cl2N2O2. The highest BCUT2D eigenvalue weighted by molar-refractivity contribution is 6.31. The van der Waals surface area contributed by atoms with Crippen molar-refractivity contribution in [2.24, 2.45) is 0 Å². The third-order valence-electron chi connectivity index (χ3n) is 2.15. The number of amides is 1. The molecule has 0 saturated heterocycles. The number of hydrogen-bond donors (Lipinski definition) is 1. The van der Waals surface area contributed by atoms with E-state index in [-0.39, 0.29) is 11.0 Å². The molecule has 4 nitrogen and oxygen atoms in total. The van der Waals surface area contributed by atoms with E-state index in [2.05, 4.69) is 5.32 Å². The van der Waals surface area contributed by atoms with Crippen LogP contribution in [0.2, 0.25) is 10.2 Å². The van der Waals surface area contributed by atoms with E-state index in [9.17, 15) is 4.79 Å². The zero-order valence-corrected chi connectivity index (χ0v) is 10.4. The average molecular weight is 281 g/mol. The van der Waals surface area contributed by atoms with Crippen LogP contribution in [0.3, 0.4) is 0 Å². The number of benzene rings is 1. The summed E-state index contributed by atoms with van der Waals surface area (Å²) in [5, 5.41) is 12.0. The molecule has 0 aliphatic carbocycles. The maximum Gasteiger partial charge on any atom is 0.291 e. The molecule has 1 aromatic heterocycles. The van der Waals surface area contributed by atoms with Crippen molar-refractivity contribution >= 4 is 34.8 Å². The number of anilines is 1. The SMILES string of the molecule is N#Cc1ccc(Cl)cc1NC(=O)c1ccc(Cl)o1. The lowest BCUT2D eigenvalue weighted by Crippen LogP contribution is -2.11. The van der Waals surface area contributed by atoms with Gasteiger partial charge in [0.05, 0.1) is 11.3 Å². The van der Waals surface area contributed by atoms with Crippen LogP contribution in [0.5, 0.6) is 0 Å². The number of nitrogens with zero attached hydrogens (tertiary/aromatic N) is 1. The molecule has 0 fully saturated rings. The molecule has 1 heterocycles. The molecule has 0 atom stereocenters. The van der Waals surface area contributed by atoms with E-state index < -0.39 is 5.91 Å². The zero-order valence-electron chi connectivity index (χ0n) is 8.91. The molecule has 2 aromatic rings. The molecule has 1 N–H and O–H groups in total. The standard InChI is InChI=1S/C12H6Cl2N2O2/c13-8-2-1-7(6-15)9(5-8)16-12(17)10-3-4-11(14)18-10/h1-5H,(H,16,17). The first-order valence-electron chi connectivity index (χ1n) is 4.86. The fraction of sp³-hybridized carbons (Fsp3) is 0. The number of nitriles is 1. The maximum absolute atomic E-state index is 11.8. The smallest absolute Gasteiger partial charge is 0.291 e. The molecule has 2 rings (SSSR count). The van der Waals surface area contributed by atoms with E-state index in [1.165, 1.54) is 24.3 Å². The second-order valence-corrected chi connectivity index (χ2v) is 4.17. The fourth-order valence-electron chi connectivity index (χ4n) is 1.34. The summed E-state index contributed by atoms with van der Waals surface area (Å²) in [6, 6.07) is 9.43. The molecule has 6 heteroatoms. The van der Waals surface area contributed by atoms with Gasteiger partial charge in [0.25, 0.3) is 5.91 Å². The Kier molecular flexibility index (Phi) is 3.56. The Morgan fingerprint density at radius 3 is 2.67 bits per heavy atom. The van der Waals surface area contributed by atoms with Gasteiger partial charge in [-0.15, -0.1) is 0 Å². The van der Waals surface area contributed by atoms with Gasteiger partial charge in [0.2, 0.25) is 0 Å². The monoisotopic (exact) mass is 280 g/mol. The van der Waals surface area contributed by atoms with Gasteiger partial charge in [-0.3, -0.25) is 4.79 Å². The third kappa shape index (κ3) is 2.65. The quantitative estimate of drug-likeness (QED) is 0.912. The van der Waals surface area contributed by atoms with Crippen LogP contribution in [0.1, 0.15) is 16.1 Å². The average Bonchev–Trinajstić information content (AvgIpc) is 2.76. The van der Waals surface area contributed by atoms with Gasteiger partial charge in [-0.1, -0.05) is 11.6 Å². The number of furan rings is 1. The fourth-order valence-corrected chi connectivity index (χ4v) is 1.66. The molecule has 0 radical (unpaired) electrons. The Morgan fingerprint density at radius 2 is 2.06 bits per heavy atom. The van der Waals surface area contributed by atoms with Crippen LogP contribution in [0.4, 0.5) is 5.69 Å². The van der Waals surface area contributed by atoms with Crippen LogP contribution in [-0.2, 0) is 0 Å². The van der Waals surface area contributed by atoms with Crippen LogP contribution < -0.4 is 5.32 Å². The largest absolute Gasteiger partial charge is 0.440 e. The van der Waals surface area contributed by atoms with E-state index in [0.29, 0.717) is 16.3 Å². The van der Waals surface area contributed by atoms with E-state index in [1.54, 1.807) is 6.07 Å². The highest BCUT2D eigenvalue weighted by Crippen LogP contribution is 2.22. The molecule has 90 valence electrons. The first-order valence-corrected chi connectivity index (χ1v) is 5.62. The minimum absolute atomic E-state index is 0.0591. The zero-order chi connectivity index (χ0) is 13.1. The number of rotatable bonds is 2. The van der Waals surface area contributed by atoms with Crippen molar-refractivity contribution in [1.82, 2.24) is 0 Å². The lowest BCUT2D eigenvalue weighted by Gasteiger charge is -2.05. The number of halogens is 2. The molecule has 1 amide bonds. The molecule has 0 aliphatic heterocycles. The summed E-state index contributed by atoms with van der Waals surface area (Å²) in [4.78, 5) is 11.8. The summed E-state index contributed by atoms with van der Waals surface area (Å²) in [6.45, 7) is 0. The summed E-state index contributed by atoms with van der Waals surface area (Å²) in [5.74, 6) is -0.440. The first kappa shape index (κ1) is 12.5. The van der Waals surface area contributed by atoms with Crippen molar-refractivity contribution in [3.05, 3.63) is 51.9 Å². The first-order chi connectivity index (χ1) is 8.60. The van der Waals surface area contributed by atoms with Crippen LogP contribution in [0, 0.1) is 11.3 Å². The predicted molar refractivity (Wildman–Crippen MR) is 67.8 cm³/mol. The lowest BCUT2D eigenvalue weighted by atomic mass is 10.2. The molecule has 0 aliphatic rings. The molecule has 0 spiro atoms. The van der Waals surface area contributed by atoms with E-state index in [0.717, 1.165) is 0 Å². The van der Waals surface area contributed by atoms with Gasteiger partial charge in [0, 0.05) is 5.02 Å².